The maximum atomic E-state index is 12.0. The molecule has 18 heavy (non-hydrogen) atoms. The van der Waals surface area contributed by atoms with E-state index in [4.69, 9.17) is 0 Å². The third kappa shape index (κ3) is 2.81. The third-order valence-corrected chi connectivity index (χ3v) is 4.38. The van der Waals surface area contributed by atoms with Crippen molar-refractivity contribution in [1.29, 1.82) is 0 Å². The first-order chi connectivity index (χ1) is 8.61. The van der Waals surface area contributed by atoms with Crippen LogP contribution in [0.1, 0.15) is 23.0 Å². The number of nitrogens with zero attached hydrogens (tertiary/aromatic N) is 1. The predicted molar refractivity (Wildman–Crippen MR) is 77.8 cm³/mol. The number of H-pyrrole nitrogens is 1. The topological polar surface area (TPSA) is 57.8 Å². The molecule has 0 saturated carbocycles. The Labute approximate surface area is 121 Å². The van der Waals surface area contributed by atoms with Crippen LogP contribution in [0.4, 0.5) is 5.69 Å². The molecule has 1 amide bonds. The Hall–Kier alpha value is -1.14. The molecule has 0 aliphatic heterocycles. The summed E-state index contributed by atoms with van der Waals surface area (Å²) in [5.41, 5.74) is 2.31. The highest BCUT2D eigenvalue weighted by atomic mass is 79.9. The Morgan fingerprint density at radius 3 is 2.50 bits per heavy atom. The summed E-state index contributed by atoms with van der Waals surface area (Å²) in [4.78, 5) is 12.0. The number of aromatic nitrogens is 2. The van der Waals surface area contributed by atoms with Crippen LogP contribution >= 0.6 is 31.9 Å². The van der Waals surface area contributed by atoms with Crippen LogP contribution in [0.2, 0.25) is 0 Å². The van der Waals surface area contributed by atoms with E-state index in [0.717, 1.165) is 12.1 Å². The highest BCUT2D eigenvalue weighted by molar-refractivity contribution is 9.13. The number of carbonyl (C=O) groups is 1. The average molecular weight is 373 g/mol. The van der Waals surface area contributed by atoms with Gasteiger partial charge in [0.15, 0.2) is 5.69 Å². The number of aryl methyl sites for hydroxylation is 1. The van der Waals surface area contributed by atoms with E-state index in [1.807, 2.05) is 24.3 Å². The second-order valence-electron chi connectivity index (χ2n) is 3.70. The van der Waals surface area contributed by atoms with E-state index < -0.39 is 0 Å². The average Bonchev–Trinajstić information content (AvgIpc) is 2.71. The summed E-state index contributed by atoms with van der Waals surface area (Å²) in [6.07, 6.45) is 0.978. The standard InChI is InChI=1S/C12H11Br2N3O/c1-2-7-3-5-8(6-4-7)15-12(18)10-9(13)11(14)17-16-10/h3-6H,2H2,1H3,(H,15,18)(H,16,17). The SMILES string of the molecule is CCc1ccc(NC(=O)c2n[nH]c(Br)c2Br)cc1. The van der Waals surface area contributed by atoms with E-state index in [2.05, 4.69) is 54.3 Å². The Kier molecular flexibility index (Phi) is 4.19. The number of hydrogen-bond donors (Lipinski definition) is 2. The van der Waals surface area contributed by atoms with Crippen LogP contribution in [-0.4, -0.2) is 16.1 Å². The number of aromatic amines is 1. The summed E-state index contributed by atoms with van der Waals surface area (Å²) in [6.45, 7) is 2.09. The summed E-state index contributed by atoms with van der Waals surface area (Å²) in [6, 6.07) is 7.74. The Bertz CT molecular complexity index is 563. The van der Waals surface area contributed by atoms with Crippen LogP contribution < -0.4 is 5.32 Å². The van der Waals surface area contributed by atoms with E-state index in [9.17, 15) is 4.79 Å². The molecule has 0 aliphatic carbocycles. The van der Waals surface area contributed by atoms with Crippen LogP contribution in [0.3, 0.4) is 0 Å². The largest absolute Gasteiger partial charge is 0.321 e. The molecule has 0 fully saturated rings. The van der Waals surface area contributed by atoms with Crippen molar-refractivity contribution in [2.24, 2.45) is 0 Å². The quantitative estimate of drug-likeness (QED) is 0.861. The molecule has 2 rings (SSSR count). The monoisotopic (exact) mass is 371 g/mol. The molecule has 0 saturated heterocycles. The molecule has 1 aromatic carbocycles. The van der Waals surface area contributed by atoms with Gasteiger partial charge in [0, 0.05) is 5.69 Å². The molecular weight excluding hydrogens is 362 g/mol. The first-order valence-corrected chi connectivity index (χ1v) is 7.00. The minimum absolute atomic E-state index is 0.256. The molecule has 0 bridgehead atoms. The lowest BCUT2D eigenvalue weighted by Crippen LogP contribution is -2.13. The maximum absolute atomic E-state index is 12.0. The summed E-state index contributed by atoms with van der Waals surface area (Å²) < 4.78 is 1.26. The van der Waals surface area contributed by atoms with Gasteiger partial charge in [-0.15, -0.1) is 0 Å². The summed E-state index contributed by atoms with van der Waals surface area (Å²) in [7, 11) is 0. The van der Waals surface area contributed by atoms with Gasteiger partial charge >= 0.3 is 0 Å². The van der Waals surface area contributed by atoms with Crippen molar-refractivity contribution in [3.05, 3.63) is 44.6 Å². The number of hydrogen-bond acceptors (Lipinski definition) is 2. The Morgan fingerprint density at radius 2 is 2.00 bits per heavy atom. The van der Waals surface area contributed by atoms with Gasteiger partial charge in [0.25, 0.3) is 5.91 Å². The van der Waals surface area contributed by atoms with E-state index in [1.54, 1.807) is 0 Å². The normalized spacial score (nSPS) is 10.4. The molecule has 6 heteroatoms. The molecule has 1 aromatic heterocycles. The molecule has 2 aromatic rings. The predicted octanol–water partition coefficient (Wildman–Crippen LogP) is 3.75. The van der Waals surface area contributed by atoms with Crippen LogP contribution in [0.5, 0.6) is 0 Å². The fourth-order valence-corrected chi connectivity index (χ4v) is 2.11. The highest BCUT2D eigenvalue weighted by Crippen LogP contribution is 2.24. The van der Waals surface area contributed by atoms with Crippen molar-refractivity contribution < 1.29 is 4.79 Å². The second-order valence-corrected chi connectivity index (χ2v) is 5.29. The number of carbonyl (C=O) groups excluding carboxylic acids is 1. The zero-order valence-electron chi connectivity index (χ0n) is 9.63. The fraction of sp³-hybridized carbons (Fsp3) is 0.167. The number of halogens is 2. The van der Waals surface area contributed by atoms with Crippen LogP contribution in [0.25, 0.3) is 0 Å². The molecule has 4 nitrogen and oxygen atoms in total. The molecule has 0 radical (unpaired) electrons. The highest BCUT2D eigenvalue weighted by Gasteiger charge is 2.16. The van der Waals surface area contributed by atoms with E-state index in [0.29, 0.717) is 14.8 Å². The number of anilines is 1. The maximum Gasteiger partial charge on any atom is 0.277 e. The smallest absolute Gasteiger partial charge is 0.277 e. The lowest BCUT2D eigenvalue weighted by atomic mass is 10.1. The van der Waals surface area contributed by atoms with E-state index >= 15 is 0 Å². The molecule has 0 unspecified atom stereocenters. The molecule has 0 atom stereocenters. The molecule has 2 N–H and O–H groups in total. The van der Waals surface area contributed by atoms with E-state index in [1.165, 1.54) is 5.56 Å². The number of amides is 1. The Morgan fingerprint density at radius 1 is 1.33 bits per heavy atom. The van der Waals surface area contributed by atoms with Crippen molar-refractivity contribution in [2.45, 2.75) is 13.3 Å². The van der Waals surface area contributed by atoms with Crippen molar-refractivity contribution >= 4 is 43.5 Å². The van der Waals surface area contributed by atoms with Gasteiger partial charge in [-0.05, 0) is 56.0 Å². The van der Waals surface area contributed by atoms with Gasteiger partial charge in [-0.1, -0.05) is 19.1 Å². The van der Waals surface area contributed by atoms with Crippen LogP contribution in [0, 0.1) is 0 Å². The van der Waals surface area contributed by atoms with Gasteiger partial charge in [0.2, 0.25) is 0 Å². The van der Waals surface area contributed by atoms with E-state index in [-0.39, 0.29) is 5.91 Å². The van der Waals surface area contributed by atoms with Crippen molar-refractivity contribution in [3.8, 4) is 0 Å². The molecular formula is C12H11Br2N3O. The summed E-state index contributed by atoms with van der Waals surface area (Å²) in [5.74, 6) is -0.256. The lowest BCUT2D eigenvalue weighted by molar-refractivity contribution is 0.102. The van der Waals surface area contributed by atoms with Gasteiger partial charge < -0.3 is 5.32 Å². The van der Waals surface area contributed by atoms with Gasteiger partial charge in [0.05, 0.1) is 4.47 Å². The van der Waals surface area contributed by atoms with Gasteiger partial charge in [-0.3, -0.25) is 9.89 Å². The number of rotatable bonds is 3. The first kappa shape index (κ1) is 13.3. The minimum Gasteiger partial charge on any atom is -0.321 e. The third-order valence-electron chi connectivity index (χ3n) is 2.50. The minimum atomic E-state index is -0.256. The summed E-state index contributed by atoms with van der Waals surface area (Å²) in [5, 5.41) is 9.39. The molecule has 94 valence electrons. The van der Waals surface area contributed by atoms with Crippen molar-refractivity contribution in [2.75, 3.05) is 5.32 Å². The molecule has 0 aliphatic rings. The first-order valence-electron chi connectivity index (χ1n) is 5.41. The van der Waals surface area contributed by atoms with Gasteiger partial charge in [-0.2, -0.15) is 5.10 Å². The van der Waals surface area contributed by atoms with Gasteiger partial charge in [0.1, 0.15) is 4.60 Å². The van der Waals surface area contributed by atoms with Crippen LogP contribution in [-0.2, 0) is 6.42 Å². The van der Waals surface area contributed by atoms with Crippen molar-refractivity contribution in [3.63, 3.8) is 0 Å². The zero-order valence-corrected chi connectivity index (χ0v) is 12.8. The lowest BCUT2D eigenvalue weighted by Gasteiger charge is -2.04. The van der Waals surface area contributed by atoms with Crippen LogP contribution in [0.15, 0.2) is 33.3 Å². The zero-order chi connectivity index (χ0) is 13.1. The second kappa shape index (κ2) is 5.67. The number of benzene rings is 1. The summed E-state index contributed by atoms with van der Waals surface area (Å²) >= 11 is 6.53. The number of nitrogens with one attached hydrogen (secondary N) is 2. The molecule has 1 heterocycles. The fourth-order valence-electron chi connectivity index (χ4n) is 1.47. The van der Waals surface area contributed by atoms with Gasteiger partial charge in [-0.25, -0.2) is 0 Å². The van der Waals surface area contributed by atoms with Crippen molar-refractivity contribution in [1.82, 2.24) is 10.2 Å². The Balaban J connectivity index is 2.13. The molecule has 0 spiro atoms.